The van der Waals surface area contributed by atoms with Crippen molar-refractivity contribution in [3.05, 3.63) is 119 Å². The van der Waals surface area contributed by atoms with Crippen LogP contribution >= 0.6 is 0 Å². The lowest BCUT2D eigenvalue weighted by atomic mass is 10.0. The van der Waals surface area contributed by atoms with Crippen molar-refractivity contribution >= 4 is 0 Å². The Morgan fingerprint density at radius 2 is 0.683 bits per heavy atom. The van der Waals surface area contributed by atoms with Gasteiger partial charge >= 0.3 is 0 Å². The van der Waals surface area contributed by atoms with E-state index in [0.717, 1.165) is 33.8 Å². The predicted molar refractivity (Wildman–Crippen MR) is 158 cm³/mol. The molecule has 7 heteroatoms. The molecule has 216 valence electrons. The van der Waals surface area contributed by atoms with E-state index in [0.29, 0.717) is 65.7 Å². The second-order valence-corrected chi connectivity index (χ2v) is 9.36. The summed E-state index contributed by atoms with van der Waals surface area (Å²) in [5.74, 6) is 2.14. The number of phenols is 2. The lowest BCUT2D eigenvalue weighted by Gasteiger charge is -2.13. The maximum absolute atomic E-state index is 10.1. The van der Waals surface area contributed by atoms with Gasteiger partial charge in [0.15, 0.2) is 0 Å². The molecule has 0 atom stereocenters. The van der Waals surface area contributed by atoms with Crippen LogP contribution in [-0.4, -0.2) is 63.1 Å². The quantitative estimate of drug-likeness (QED) is 0.150. The van der Waals surface area contributed by atoms with E-state index in [1.807, 2.05) is 84.9 Å². The van der Waals surface area contributed by atoms with Crippen LogP contribution in [-0.2, 0) is 27.1 Å². The Bertz CT molecular complexity index is 1220. The molecule has 0 aliphatic heterocycles. The normalized spacial score (nSPS) is 10.9. The van der Waals surface area contributed by atoms with Crippen LogP contribution in [0.2, 0.25) is 0 Å². The van der Waals surface area contributed by atoms with Gasteiger partial charge in [-0.3, -0.25) is 0 Å². The summed E-state index contributed by atoms with van der Waals surface area (Å²) in [6.45, 7) is 3.65. The predicted octanol–water partition coefficient (Wildman–Crippen LogP) is 5.79. The number of hydrogen-bond acceptors (Lipinski definition) is 7. The van der Waals surface area contributed by atoms with Gasteiger partial charge in [0.05, 0.1) is 39.6 Å². The van der Waals surface area contributed by atoms with Crippen molar-refractivity contribution in [3.8, 4) is 23.0 Å². The minimum atomic E-state index is 0.284. The Morgan fingerprint density at radius 1 is 0.366 bits per heavy atom. The SMILES string of the molecule is Oc1ccccc1Cc1ccccc1OCCOCCOCCOCCOc1ccccc1Cc1ccccc1O. The molecule has 4 aromatic rings. The van der Waals surface area contributed by atoms with E-state index < -0.39 is 0 Å². The number of ether oxygens (including phenoxy) is 5. The smallest absolute Gasteiger partial charge is 0.122 e. The Balaban J connectivity index is 1.02. The second kappa shape index (κ2) is 16.9. The van der Waals surface area contributed by atoms with Crippen molar-refractivity contribution in [1.82, 2.24) is 0 Å². The van der Waals surface area contributed by atoms with Crippen LogP contribution in [0.5, 0.6) is 23.0 Å². The highest BCUT2D eigenvalue weighted by Gasteiger charge is 2.08. The highest BCUT2D eigenvalue weighted by Crippen LogP contribution is 2.26. The third-order valence-corrected chi connectivity index (χ3v) is 6.40. The zero-order valence-corrected chi connectivity index (χ0v) is 23.2. The van der Waals surface area contributed by atoms with Gasteiger partial charge in [-0.2, -0.15) is 0 Å². The Kier molecular flexibility index (Phi) is 12.4. The summed E-state index contributed by atoms with van der Waals surface area (Å²) in [5.41, 5.74) is 3.75. The molecular formula is C34H38O7. The molecule has 2 N–H and O–H groups in total. The van der Waals surface area contributed by atoms with Crippen molar-refractivity contribution in [2.75, 3.05) is 52.9 Å². The molecule has 0 amide bonds. The minimum absolute atomic E-state index is 0.284. The van der Waals surface area contributed by atoms with Crippen molar-refractivity contribution in [3.63, 3.8) is 0 Å². The third kappa shape index (κ3) is 10.1. The van der Waals surface area contributed by atoms with Crippen molar-refractivity contribution in [1.29, 1.82) is 0 Å². The van der Waals surface area contributed by atoms with E-state index in [-0.39, 0.29) is 11.5 Å². The molecule has 4 rings (SSSR count). The van der Waals surface area contributed by atoms with Crippen molar-refractivity contribution < 1.29 is 33.9 Å². The molecule has 0 saturated carbocycles. The first kappa shape index (κ1) is 29.9. The molecule has 0 saturated heterocycles. The molecule has 0 fully saturated rings. The largest absolute Gasteiger partial charge is 0.508 e. The number of benzene rings is 4. The molecule has 0 heterocycles. The molecular weight excluding hydrogens is 520 g/mol. The van der Waals surface area contributed by atoms with Crippen molar-refractivity contribution in [2.24, 2.45) is 0 Å². The second-order valence-electron chi connectivity index (χ2n) is 9.36. The zero-order valence-electron chi connectivity index (χ0n) is 23.2. The van der Waals surface area contributed by atoms with Gasteiger partial charge in [-0.1, -0.05) is 72.8 Å². The molecule has 0 unspecified atom stereocenters. The molecule has 0 aliphatic rings. The number of para-hydroxylation sites is 4. The van der Waals surface area contributed by atoms with Gasteiger partial charge in [-0.05, 0) is 46.5 Å². The van der Waals surface area contributed by atoms with E-state index in [1.165, 1.54) is 0 Å². The van der Waals surface area contributed by atoms with Gasteiger partial charge in [0, 0.05) is 12.8 Å². The van der Waals surface area contributed by atoms with Crippen LogP contribution in [0.4, 0.5) is 0 Å². The molecule has 41 heavy (non-hydrogen) atoms. The standard InChI is InChI=1S/C34H38O7/c35-31-13-5-1-9-27(31)25-29-11-3-7-15-33(29)40-23-21-38-19-17-37-18-20-39-22-24-41-34-16-8-4-12-30(34)26-28-10-2-6-14-32(28)36/h1-16,35-36H,17-26H2. The summed E-state index contributed by atoms with van der Waals surface area (Å²) in [6, 6.07) is 30.3. The van der Waals surface area contributed by atoms with Gasteiger partial charge < -0.3 is 33.9 Å². The van der Waals surface area contributed by atoms with Gasteiger partial charge in [0.2, 0.25) is 0 Å². The van der Waals surface area contributed by atoms with Gasteiger partial charge in [0.1, 0.15) is 36.2 Å². The summed E-state index contributed by atoms with van der Waals surface area (Å²) < 4.78 is 28.7. The van der Waals surface area contributed by atoms with Crippen LogP contribution in [0.25, 0.3) is 0 Å². The first-order chi connectivity index (χ1) is 20.2. The average molecular weight is 559 g/mol. The Morgan fingerprint density at radius 3 is 1.07 bits per heavy atom. The molecule has 0 bridgehead atoms. The van der Waals surface area contributed by atoms with Gasteiger partial charge in [-0.15, -0.1) is 0 Å². The first-order valence-electron chi connectivity index (χ1n) is 13.9. The molecule has 0 aliphatic carbocycles. The highest BCUT2D eigenvalue weighted by atomic mass is 16.6. The monoisotopic (exact) mass is 558 g/mol. The maximum atomic E-state index is 10.1. The average Bonchev–Trinajstić information content (AvgIpc) is 2.99. The summed E-state index contributed by atoms with van der Waals surface area (Å²) in [5, 5.41) is 20.1. The molecule has 0 spiro atoms. The Labute approximate surface area is 241 Å². The van der Waals surface area contributed by atoms with Crippen LogP contribution in [0.3, 0.4) is 0 Å². The Hall–Kier alpha value is -4.04. The van der Waals surface area contributed by atoms with E-state index in [1.54, 1.807) is 12.1 Å². The number of hydrogen-bond donors (Lipinski definition) is 2. The van der Waals surface area contributed by atoms with Crippen LogP contribution < -0.4 is 9.47 Å². The van der Waals surface area contributed by atoms with Crippen LogP contribution in [0, 0.1) is 0 Å². The fraction of sp³-hybridized carbons (Fsp3) is 0.294. The van der Waals surface area contributed by atoms with E-state index in [2.05, 4.69) is 0 Å². The number of aromatic hydroxyl groups is 2. The maximum Gasteiger partial charge on any atom is 0.122 e. The van der Waals surface area contributed by atoms with E-state index in [4.69, 9.17) is 23.7 Å². The summed E-state index contributed by atoms with van der Waals surface area (Å²) in [4.78, 5) is 0. The van der Waals surface area contributed by atoms with Gasteiger partial charge in [0.25, 0.3) is 0 Å². The van der Waals surface area contributed by atoms with Gasteiger partial charge in [-0.25, -0.2) is 0 Å². The summed E-state index contributed by atoms with van der Waals surface area (Å²) in [7, 11) is 0. The summed E-state index contributed by atoms with van der Waals surface area (Å²) in [6.07, 6.45) is 1.19. The number of rotatable bonds is 18. The summed E-state index contributed by atoms with van der Waals surface area (Å²) >= 11 is 0. The molecule has 0 aromatic heterocycles. The van der Waals surface area contributed by atoms with Crippen molar-refractivity contribution in [2.45, 2.75) is 12.8 Å². The van der Waals surface area contributed by atoms with E-state index in [9.17, 15) is 10.2 Å². The van der Waals surface area contributed by atoms with Crippen LogP contribution in [0.1, 0.15) is 22.3 Å². The molecule has 0 radical (unpaired) electrons. The fourth-order valence-corrected chi connectivity index (χ4v) is 4.28. The first-order valence-corrected chi connectivity index (χ1v) is 13.9. The third-order valence-electron chi connectivity index (χ3n) is 6.40. The topological polar surface area (TPSA) is 86.6 Å². The lowest BCUT2D eigenvalue weighted by molar-refractivity contribution is 0.00492. The molecule has 7 nitrogen and oxygen atoms in total. The minimum Gasteiger partial charge on any atom is -0.508 e. The fourth-order valence-electron chi connectivity index (χ4n) is 4.28. The van der Waals surface area contributed by atoms with E-state index >= 15 is 0 Å². The lowest BCUT2D eigenvalue weighted by Crippen LogP contribution is -2.14. The number of phenolic OH excluding ortho intramolecular Hbond substituents is 2. The molecule has 4 aromatic carbocycles. The zero-order chi connectivity index (χ0) is 28.5. The highest BCUT2D eigenvalue weighted by molar-refractivity contribution is 5.43. The van der Waals surface area contributed by atoms with Crippen LogP contribution in [0.15, 0.2) is 97.1 Å².